The SMILES string of the molecule is CCOc1ccc(C2/C(=C(/O)c3ccc(F)c(C)c3)C(=O)C(=O)N2CCOC)cc1. The number of hydrogen-bond acceptors (Lipinski definition) is 5. The van der Waals surface area contributed by atoms with Crippen LogP contribution in [0.4, 0.5) is 4.39 Å². The van der Waals surface area contributed by atoms with Gasteiger partial charge in [0.05, 0.1) is 24.8 Å². The molecule has 1 unspecified atom stereocenters. The van der Waals surface area contributed by atoms with E-state index in [1.54, 1.807) is 31.2 Å². The molecular formula is C23H24FNO5. The van der Waals surface area contributed by atoms with E-state index in [9.17, 15) is 19.1 Å². The van der Waals surface area contributed by atoms with Crippen molar-refractivity contribution < 1.29 is 28.6 Å². The molecule has 0 bridgehead atoms. The Hall–Kier alpha value is -3.19. The van der Waals surface area contributed by atoms with Gasteiger partial charge in [0.15, 0.2) is 0 Å². The molecule has 1 atom stereocenters. The minimum absolute atomic E-state index is 0.0359. The number of carbonyl (C=O) groups excluding carboxylic acids is 2. The van der Waals surface area contributed by atoms with E-state index in [1.807, 2.05) is 6.92 Å². The van der Waals surface area contributed by atoms with Gasteiger partial charge >= 0.3 is 0 Å². The van der Waals surface area contributed by atoms with E-state index >= 15 is 0 Å². The van der Waals surface area contributed by atoms with Crippen LogP contribution in [0.5, 0.6) is 5.75 Å². The second-order valence-electron chi connectivity index (χ2n) is 6.95. The van der Waals surface area contributed by atoms with Crippen LogP contribution in [0.15, 0.2) is 48.0 Å². The highest BCUT2D eigenvalue weighted by Crippen LogP contribution is 2.39. The number of Topliss-reactive ketones (excluding diaryl/α,β-unsaturated/α-hetero) is 1. The third-order valence-corrected chi connectivity index (χ3v) is 5.01. The Morgan fingerprint density at radius 2 is 1.87 bits per heavy atom. The number of rotatable bonds is 7. The molecule has 0 aliphatic carbocycles. The zero-order chi connectivity index (χ0) is 21.8. The van der Waals surface area contributed by atoms with Gasteiger partial charge in [-0.25, -0.2) is 4.39 Å². The van der Waals surface area contributed by atoms with Gasteiger partial charge in [0.1, 0.15) is 17.3 Å². The van der Waals surface area contributed by atoms with Crippen LogP contribution < -0.4 is 4.74 Å². The Labute approximate surface area is 174 Å². The van der Waals surface area contributed by atoms with Crippen LogP contribution in [0.2, 0.25) is 0 Å². The molecule has 0 saturated carbocycles. The number of amides is 1. The summed E-state index contributed by atoms with van der Waals surface area (Å²) in [6.45, 7) is 4.36. The zero-order valence-electron chi connectivity index (χ0n) is 17.1. The van der Waals surface area contributed by atoms with E-state index in [1.165, 1.54) is 30.2 Å². The maximum atomic E-state index is 13.7. The highest BCUT2D eigenvalue weighted by atomic mass is 19.1. The average Bonchev–Trinajstić information content (AvgIpc) is 2.99. The molecule has 158 valence electrons. The predicted octanol–water partition coefficient (Wildman–Crippen LogP) is 3.60. The lowest BCUT2D eigenvalue weighted by Crippen LogP contribution is -2.32. The number of methoxy groups -OCH3 is 1. The van der Waals surface area contributed by atoms with Crippen molar-refractivity contribution >= 4 is 17.4 Å². The van der Waals surface area contributed by atoms with Crippen molar-refractivity contribution in [2.75, 3.05) is 26.9 Å². The van der Waals surface area contributed by atoms with E-state index in [-0.39, 0.29) is 30.0 Å². The number of aliphatic hydroxyl groups is 1. The smallest absolute Gasteiger partial charge is 0.295 e. The first-order chi connectivity index (χ1) is 14.4. The van der Waals surface area contributed by atoms with Gasteiger partial charge in [0.25, 0.3) is 11.7 Å². The van der Waals surface area contributed by atoms with Crippen molar-refractivity contribution in [1.82, 2.24) is 4.90 Å². The van der Waals surface area contributed by atoms with Gasteiger partial charge in [-0.3, -0.25) is 9.59 Å². The normalized spacial score (nSPS) is 18.1. The number of benzene rings is 2. The number of ketones is 1. The number of nitrogens with zero attached hydrogens (tertiary/aromatic N) is 1. The summed E-state index contributed by atoms with van der Waals surface area (Å²) in [5, 5.41) is 10.9. The van der Waals surface area contributed by atoms with Gasteiger partial charge in [0, 0.05) is 19.2 Å². The molecule has 1 N–H and O–H groups in total. The first kappa shape index (κ1) is 21.5. The van der Waals surface area contributed by atoms with Gasteiger partial charge in [-0.2, -0.15) is 0 Å². The molecule has 1 saturated heterocycles. The number of likely N-dealkylation sites (tertiary alicyclic amines) is 1. The average molecular weight is 413 g/mol. The second kappa shape index (κ2) is 9.09. The molecule has 1 fully saturated rings. The van der Waals surface area contributed by atoms with Crippen LogP contribution in [-0.2, 0) is 14.3 Å². The molecule has 0 radical (unpaired) electrons. The first-order valence-corrected chi connectivity index (χ1v) is 9.65. The summed E-state index contributed by atoms with van der Waals surface area (Å²) in [7, 11) is 1.50. The fraction of sp³-hybridized carbons (Fsp3) is 0.304. The predicted molar refractivity (Wildman–Crippen MR) is 110 cm³/mol. The molecule has 3 rings (SSSR count). The monoisotopic (exact) mass is 413 g/mol. The van der Waals surface area contributed by atoms with Crippen molar-refractivity contribution in [3.05, 3.63) is 70.5 Å². The maximum Gasteiger partial charge on any atom is 0.295 e. The minimum atomic E-state index is -0.791. The Bertz CT molecular complexity index is 984. The van der Waals surface area contributed by atoms with E-state index in [4.69, 9.17) is 9.47 Å². The van der Waals surface area contributed by atoms with Crippen LogP contribution in [0, 0.1) is 12.7 Å². The van der Waals surface area contributed by atoms with Crippen LogP contribution >= 0.6 is 0 Å². The lowest BCUT2D eigenvalue weighted by atomic mass is 9.95. The van der Waals surface area contributed by atoms with Crippen LogP contribution in [-0.4, -0.2) is 48.6 Å². The van der Waals surface area contributed by atoms with Crippen molar-refractivity contribution in [3.63, 3.8) is 0 Å². The third kappa shape index (κ3) is 4.07. The molecule has 7 heteroatoms. The quantitative estimate of drug-likeness (QED) is 0.426. The molecule has 0 spiro atoms. The Morgan fingerprint density at radius 1 is 1.17 bits per heavy atom. The summed E-state index contributed by atoms with van der Waals surface area (Å²) < 4.78 is 24.2. The highest BCUT2D eigenvalue weighted by molar-refractivity contribution is 6.46. The molecule has 2 aromatic rings. The third-order valence-electron chi connectivity index (χ3n) is 5.01. The molecular weight excluding hydrogens is 389 g/mol. The molecule has 0 aromatic heterocycles. The number of aryl methyl sites for hydroxylation is 1. The summed E-state index contributed by atoms with van der Waals surface area (Å²) in [4.78, 5) is 27.0. The van der Waals surface area contributed by atoms with Gasteiger partial charge in [0.2, 0.25) is 0 Å². The summed E-state index contributed by atoms with van der Waals surface area (Å²) in [6, 6.07) is 10.3. The lowest BCUT2D eigenvalue weighted by molar-refractivity contribution is -0.140. The Balaban J connectivity index is 2.13. The molecule has 1 heterocycles. The molecule has 30 heavy (non-hydrogen) atoms. The van der Waals surface area contributed by atoms with Gasteiger partial charge in [-0.1, -0.05) is 12.1 Å². The highest BCUT2D eigenvalue weighted by Gasteiger charge is 2.45. The van der Waals surface area contributed by atoms with Gasteiger partial charge < -0.3 is 19.5 Å². The van der Waals surface area contributed by atoms with E-state index < -0.39 is 23.5 Å². The fourth-order valence-corrected chi connectivity index (χ4v) is 3.51. The second-order valence-corrected chi connectivity index (χ2v) is 6.95. The first-order valence-electron chi connectivity index (χ1n) is 9.65. The lowest BCUT2D eigenvalue weighted by Gasteiger charge is -2.25. The fourth-order valence-electron chi connectivity index (χ4n) is 3.51. The summed E-state index contributed by atoms with van der Waals surface area (Å²) in [5.41, 5.74) is 1.21. The molecule has 1 aliphatic heterocycles. The Kier molecular flexibility index (Phi) is 6.52. The summed E-state index contributed by atoms with van der Waals surface area (Å²) in [5.74, 6) is -1.61. The number of hydrogen-bond donors (Lipinski definition) is 1. The molecule has 1 amide bonds. The van der Waals surface area contributed by atoms with Crippen LogP contribution in [0.3, 0.4) is 0 Å². The topological polar surface area (TPSA) is 76.1 Å². The number of ether oxygens (including phenoxy) is 2. The van der Waals surface area contributed by atoms with Gasteiger partial charge in [-0.05, 0) is 55.3 Å². The van der Waals surface area contributed by atoms with E-state index in [0.29, 0.717) is 23.5 Å². The summed E-state index contributed by atoms with van der Waals surface area (Å²) in [6.07, 6.45) is 0. The van der Waals surface area contributed by atoms with Crippen molar-refractivity contribution in [1.29, 1.82) is 0 Å². The van der Waals surface area contributed by atoms with Crippen molar-refractivity contribution in [2.24, 2.45) is 0 Å². The minimum Gasteiger partial charge on any atom is -0.507 e. The van der Waals surface area contributed by atoms with E-state index in [2.05, 4.69) is 0 Å². The number of halogens is 1. The standard InChI is InChI=1S/C23H24FNO5/c1-4-30-17-8-5-15(6-9-17)20-19(22(27)23(28)25(20)11-12-29-3)21(26)16-7-10-18(24)14(2)13-16/h5-10,13,20,26H,4,11-12H2,1-3H3/b21-19-. The molecule has 1 aliphatic rings. The maximum absolute atomic E-state index is 13.7. The van der Waals surface area contributed by atoms with Gasteiger partial charge in [-0.15, -0.1) is 0 Å². The summed E-state index contributed by atoms with van der Waals surface area (Å²) >= 11 is 0. The van der Waals surface area contributed by atoms with Crippen molar-refractivity contribution in [2.45, 2.75) is 19.9 Å². The zero-order valence-corrected chi connectivity index (χ0v) is 17.1. The number of carbonyl (C=O) groups is 2. The largest absolute Gasteiger partial charge is 0.507 e. The van der Waals surface area contributed by atoms with Crippen LogP contribution in [0.1, 0.15) is 29.7 Å². The van der Waals surface area contributed by atoms with E-state index in [0.717, 1.165) is 0 Å². The van der Waals surface area contributed by atoms with Crippen LogP contribution in [0.25, 0.3) is 5.76 Å². The number of aliphatic hydroxyl groups excluding tert-OH is 1. The molecule has 6 nitrogen and oxygen atoms in total. The Morgan fingerprint density at radius 3 is 2.47 bits per heavy atom. The molecule has 2 aromatic carbocycles. The van der Waals surface area contributed by atoms with Crippen molar-refractivity contribution in [3.8, 4) is 5.75 Å².